The molecule has 1 amide bonds. The summed E-state index contributed by atoms with van der Waals surface area (Å²) in [6.45, 7) is 4.55. The number of nitrogens with one attached hydrogen (secondary N) is 2. The Morgan fingerprint density at radius 3 is 2.17 bits per heavy atom. The van der Waals surface area contributed by atoms with Gasteiger partial charge in [-0.1, -0.05) is 6.92 Å². The molecule has 0 radical (unpaired) electrons. The van der Waals surface area contributed by atoms with E-state index in [1.54, 1.807) is 0 Å². The predicted molar refractivity (Wildman–Crippen MR) is 95.6 cm³/mol. The smallest absolute Gasteiger partial charge is 0.220 e. The number of hydrogen-bond donors (Lipinski definition) is 2. The first-order chi connectivity index (χ1) is 10.7. The summed E-state index contributed by atoms with van der Waals surface area (Å²) in [5.74, 6) is 5.20. The van der Waals surface area contributed by atoms with Crippen molar-refractivity contribution in [1.29, 1.82) is 0 Å². The fourth-order valence-electron chi connectivity index (χ4n) is 6.28. The summed E-state index contributed by atoms with van der Waals surface area (Å²) in [6.07, 6.45) is 10.3. The highest BCUT2D eigenvalue weighted by atomic mass is 35.5. The minimum Gasteiger partial charge on any atom is -0.353 e. The first-order valence-corrected chi connectivity index (χ1v) is 9.69. The third-order valence-corrected chi connectivity index (χ3v) is 7.25. The Morgan fingerprint density at radius 1 is 1.04 bits per heavy atom. The molecular formula is C19H33ClN2O. The Labute approximate surface area is 147 Å². The average Bonchev–Trinajstić information content (AvgIpc) is 2.51. The molecule has 4 aliphatic carbocycles. The van der Waals surface area contributed by atoms with Crippen LogP contribution in [0.4, 0.5) is 0 Å². The fourth-order valence-corrected chi connectivity index (χ4v) is 6.28. The fraction of sp³-hybridized carbons (Fsp3) is 0.947. The van der Waals surface area contributed by atoms with Gasteiger partial charge in [0.25, 0.3) is 0 Å². The van der Waals surface area contributed by atoms with Crippen LogP contribution in [0.1, 0.15) is 58.3 Å². The van der Waals surface area contributed by atoms with E-state index in [2.05, 4.69) is 17.6 Å². The monoisotopic (exact) mass is 340 g/mol. The minimum absolute atomic E-state index is 0. The zero-order valence-electron chi connectivity index (χ0n) is 14.4. The van der Waals surface area contributed by atoms with Crippen LogP contribution in [0.2, 0.25) is 0 Å². The molecule has 132 valence electrons. The lowest BCUT2D eigenvalue weighted by Gasteiger charge is -2.54. The van der Waals surface area contributed by atoms with Crippen molar-refractivity contribution in [1.82, 2.24) is 10.6 Å². The molecule has 23 heavy (non-hydrogen) atoms. The van der Waals surface area contributed by atoms with Crippen LogP contribution in [-0.2, 0) is 4.79 Å². The lowest BCUT2D eigenvalue weighted by molar-refractivity contribution is -0.126. The molecule has 5 fully saturated rings. The number of halogens is 1. The van der Waals surface area contributed by atoms with Gasteiger partial charge in [-0.15, -0.1) is 12.4 Å². The minimum atomic E-state index is 0. The van der Waals surface area contributed by atoms with Gasteiger partial charge in [-0.2, -0.15) is 0 Å². The second kappa shape index (κ2) is 7.31. The van der Waals surface area contributed by atoms with Gasteiger partial charge in [0, 0.05) is 12.5 Å². The Morgan fingerprint density at radius 2 is 1.61 bits per heavy atom. The summed E-state index contributed by atoms with van der Waals surface area (Å²) in [5.41, 5.74) is 0. The van der Waals surface area contributed by atoms with Crippen LogP contribution in [0.25, 0.3) is 0 Å². The maximum Gasteiger partial charge on any atom is 0.220 e. The SMILES string of the molecule is CC(CC(=O)NC1C2CC3CC(C2)CC1C3)C1CCNCC1.Cl. The van der Waals surface area contributed by atoms with E-state index in [4.69, 9.17) is 0 Å². The van der Waals surface area contributed by atoms with E-state index in [1.807, 2.05) is 0 Å². The summed E-state index contributed by atoms with van der Waals surface area (Å²) >= 11 is 0. The van der Waals surface area contributed by atoms with Crippen LogP contribution < -0.4 is 10.6 Å². The molecule has 0 spiro atoms. The van der Waals surface area contributed by atoms with Gasteiger partial charge >= 0.3 is 0 Å². The number of rotatable bonds is 4. The number of carbonyl (C=O) groups excluding carboxylic acids is 1. The Balaban J connectivity index is 0.00000156. The van der Waals surface area contributed by atoms with Crippen molar-refractivity contribution in [2.75, 3.05) is 13.1 Å². The molecule has 1 heterocycles. The van der Waals surface area contributed by atoms with E-state index >= 15 is 0 Å². The molecule has 0 aromatic carbocycles. The highest BCUT2D eigenvalue weighted by molar-refractivity contribution is 5.85. The van der Waals surface area contributed by atoms with Crippen LogP contribution in [0, 0.1) is 35.5 Å². The number of piperidine rings is 1. The van der Waals surface area contributed by atoms with Gasteiger partial charge in [0.15, 0.2) is 0 Å². The average molecular weight is 341 g/mol. The molecule has 3 nitrogen and oxygen atoms in total. The van der Waals surface area contributed by atoms with E-state index in [-0.39, 0.29) is 12.4 Å². The lowest BCUT2D eigenvalue weighted by atomic mass is 9.54. The van der Waals surface area contributed by atoms with Crippen LogP contribution in [0.3, 0.4) is 0 Å². The third-order valence-electron chi connectivity index (χ3n) is 7.25. The van der Waals surface area contributed by atoms with Crippen molar-refractivity contribution in [3.8, 4) is 0 Å². The second-order valence-electron chi connectivity index (χ2n) is 8.79. The van der Waals surface area contributed by atoms with Gasteiger partial charge in [0.05, 0.1) is 0 Å². The molecule has 4 bridgehead atoms. The zero-order valence-corrected chi connectivity index (χ0v) is 15.2. The van der Waals surface area contributed by atoms with E-state index in [9.17, 15) is 4.79 Å². The molecule has 1 aliphatic heterocycles. The first-order valence-electron chi connectivity index (χ1n) is 9.69. The summed E-state index contributed by atoms with van der Waals surface area (Å²) in [5, 5.41) is 6.90. The maximum absolute atomic E-state index is 12.6. The predicted octanol–water partition coefficient (Wildman–Crippen LogP) is 3.37. The standard InChI is InChI=1S/C19H32N2O.ClH/c1-12(15-2-4-20-5-3-15)6-18(22)21-19-16-8-13-7-14(10-16)11-17(19)9-13;/h12-17,19-20H,2-11H2,1H3,(H,21,22);1H. The topological polar surface area (TPSA) is 41.1 Å². The van der Waals surface area contributed by atoms with Crippen molar-refractivity contribution in [3.63, 3.8) is 0 Å². The van der Waals surface area contributed by atoms with Gasteiger partial charge < -0.3 is 10.6 Å². The Bertz CT molecular complexity index is 394. The largest absolute Gasteiger partial charge is 0.353 e. The number of carbonyl (C=O) groups is 1. The molecule has 1 unspecified atom stereocenters. The van der Waals surface area contributed by atoms with Gasteiger partial charge in [-0.3, -0.25) is 4.79 Å². The molecule has 5 rings (SSSR count). The van der Waals surface area contributed by atoms with Crippen molar-refractivity contribution < 1.29 is 4.79 Å². The normalized spacial score (nSPS) is 40.5. The van der Waals surface area contributed by atoms with E-state index < -0.39 is 0 Å². The first kappa shape index (κ1) is 17.5. The van der Waals surface area contributed by atoms with Gasteiger partial charge in [-0.05, 0) is 93.5 Å². The molecule has 2 N–H and O–H groups in total. The van der Waals surface area contributed by atoms with Gasteiger partial charge in [-0.25, -0.2) is 0 Å². The maximum atomic E-state index is 12.6. The molecule has 1 saturated heterocycles. The molecule has 0 aromatic rings. The Hall–Kier alpha value is -0.280. The zero-order chi connectivity index (χ0) is 15.1. The van der Waals surface area contributed by atoms with Gasteiger partial charge in [0.1, 0.15) is 0 Å². The molecule has 1 atom stereocenters. The number of amides is 1. The van der Waals surface area contributed by atoms with E-state index in [0.29, 0.717) is 17.9 Å². The molecule has 5 aliphatic rings. The van der Waals surface area contributed by atoms with Crippen LogP contribution in [0.15, 0.2) is 0 Å². The van der Waals surface area contributed by atoms with Crippen LogP contribution >= 0.6 is 12.4 Å². The molecule has 0 aromatic heterocycles. The summed E-state index contributed by atoms with van der Waals surface area (Å²) < 4.78 is 0. The van der Waals surface area contributed by atoms with Crippen LogP contribution in [0.5, 0.6) is 0 Å². The number of hydrogen-bond acceptors (Lipinski definition) is 2. The highest BCUT2D eigenvalue weighted by Crippen LogP contribution is 2.53. The van der Waals surface area contributed by atoms with Crippen molar-refractivity contribution in [3.05, 3.63) is 0 Å². The molecular weight excluding hydrogens is 308 g/mol. The quantitative estimate of drug-likeness (QED) is 0.823. The molecule has 4 heteroatoms. The van der Waals surface area contributed by atoms with Crippen LogP contribution in [-0.4, -0.2) is 25.0 Å². The van der Waals surface area contributed by atoms with E-state index in [0.717, 1.165) is 49.1 Å². The third kappa shape index (κ3) is 3.71. The Kier molecular flexibility index (Phi) is 5.57. The molecule has 4 saturated carbocycles. The van der Waals surface area contributed by atoms with E-state index in [1.165, 1.54) is 44.9 Å². The lowest BCUT2D eigenvalue weighted by Crippen LogP contribution is -2.56. The summed E-state index contributed by atoms with van der Waals surface area (Å²) in [6, 6.07) is 0.514. The van der Waals surface area contributed by atoms with Crippen molar-refractivity contribution in [2.24, 2.45) is 35.5 Å². The summed E-state index contributed by atoms with van der Waals surface area (Å²) in [7, 11) is 0. The highest BCUT2D eigenvalue weighted by Gasteiger charge is 2.48. The van der Waals surface area contributed by atoms with Gasteiger partial charge in [0.2, 0.25) is 5.91 Å². The van der Waals surface area contributed by atoms with Crippen molar-refractivity contribution in [2.45, 2.75) is 64.3 Å². The second-order valence-corrected chi connectivity index (χ2v) is 8.79. The van der Waals surface area contributed by atoms with Crippen molar-refractivity contribution >= 4 is 18.3 Å². The summed E-state index contributed by atoms with van der Waals surface area (Å²) in [4.78, 5) is 12.6.